The minimum atomic E-state index is -0.382. The van der Waals surface area contributed by atoms with Crippen molar-refractivity contribution in [2.75, 3.05) is 31.3 Å². The molecule has 0 fully saturated rings. The third-order valence-corrected chi connectivity index (χ3v) is 4.70. The van der Waals surface area contributed by atoms with Gasteiger partial charge in [0.1, 0.15) is 18.0 Å². The lowest BCUT2D eigenvalue weighted by Gasteiger charge is -2.09. The number of unbranched alkanes of at least 4 members (excludes halogenated alkanes) is 2. The van der Waals surface area contributed by atoms with Crippen molar-refractivity contribution in [3.63, 3.8) is 0 Å². The summed E-state index contributed by atoms with van der Waals surface area (Å²) < 4.78 is 0.959. The Balaban J connectivity index is 1.68. The van der Waals surface area contributed by atoms with Crippen molar-refractivity contribution in [2.24, 2.45) is 0 Å². The molecule has 2 N–H and O–H groups in total. The van der Waals surface area contributed by atoms with Crippen LogP contribution in [0.15, 0.2) is 47.3 Å². The van der Waals surface area contributed by atoms with Gasteiger partial charge in [0.2, 0.25) is 0 Å². The lowest BCUT2D eigenvalue weighted by molar-refractivity contribution is -0.111. The largest absolute Gasteiger partial charge is 0.340 e. The fourth-order valence-electron chi connectivity index (χ4n) is 2.76. The molecule has 0 radical (unpaired) electrons. The molecule has 0 atom stereocenters. The fraction of sp³-hybridized carbons (Fsp3) is 0.273. The quantitative estimate of drug-likeness (QED) is 0.400. The molecular weight excluding hydrogens is 444 g/mol. The van der Waals surface area contributed by atoms with Crippen LogP contribution in [0.5, 0.6) is 0 Å². The van der Waals surface area contributed by atoms with Gasteiger partial charge in [-0.2, -0.15) is 0 Å². The Morgan fingerprint density at radius 2 is 2.03 bits per heavy atom. The van der Waals surface area contributed by atoms with Crippen LogP contribution in [0.3, 0.4) is 0 Å². The highest BCUT2D eigenvalue weighted by Crippen LogP contribution is 2.25. The van der Waals surface area contributed by atoms with E-state index in [4.69, 9.17) is 0 Å². The van der Waals surface area contributed by atoms with Gasteiger partial charge in [-0.05, 0) is 63.7 Å². The molecule has 1 amide bonds. The lowest BCUT2D eigenvalue weighted by Crippen LogP contribution is -2.12. The molecule has 3 rings (SSSR count). The number of hydrogen-bond donors (Lipinski definition) is 2. The van der Waals surface area contributed by atoms with Crippen molar-refractivity contribution in [3.8, 4) is 11.8 Å². The van der Waals surface area contributed by atoms with Gasteiger partial charge in [0, 0.05) is 22.0 Å². The summed E-state index contributed by atoms with van der Waals surface area (Å²) in [7, 11) is 4.08. The van der Waals surface area contributed by atoms with Crippen LogP contribution in [0.1, 0.15) is 19.3 Å². The Labute approximate surface area is 184 Å². The third-order valence-electron chi connectivity index (χ3n) is 4.21. The third kappa shape index (κ3) is 6.51. The van der Waals surface area contributed by atoms with E-state index in [1.165, 1.54) is 6.33 Å². The lowest BCUT2D eigenvalue weighted by atomic mass is 10.2. The number of nitrogens with zero attached hydrogens (tertiary/aromatic N) is 4. The number of halogens is 1. The average molecular weight is 467 g/mol. The minimum Gasteiger partial charge on any atom is -0.340 e. The van der Waals surface area contributed by atoms with Gasteiger partial charge in [-0.25, -0.2) is 15.0 Å². The van der Waals surface area contributed by atoms with E-state index in [0.717, 1.165) is 34.9 Å². The molecule has 0 bridgehead atoms. The normalized spacial score (nSPS) is 10.5. The molecule has 0 aliphatic heterocycles. The molecule has 0 saturated heterocycles. The van der Waals surface area contributed by atoms with Crippen molar-refractivity contribution >= 4 is 50.1 Å². The number of carbonyl (C=O) groups is 1. The molecule has 2 heterocycles. The first-order chi connectivity index (χ1) is 14.5. The average Bonchev–Trinajstić information content (AvgIpc) is 2.71. The maximum Gasteiger partial charge on any atom is 0.301 e. The molecule has 7 nitrogen and oxygen atoms in total. The monoisotopic (exact) mass is 466 g/mol. The Kier molecular flexibility index (Phi) is 7.71. The molecule has 2 aromatic heterocycles. The second-order valence-corrected chi connectivity index (χ2v) is 7.88. The number of rotatable bonds is 7. The van der Waals surface area contributed by atoms with Gasteiger partial charge in [0.15, 0.2) is 0 Å². The number of carbonyl (C=O) groups excluding carboxylic acids is 1. The van der Waals surface area contributed by atoms with Gasteiger partial charge in [-0.15, -0.1) is 0 Å². The van der Waals surface area contributed by atoms with Crippen LogP contribution in [0.2, 0.25) is 0 Å². The summed E-state index contributed by atoms with van der Waals surface area (Å²) in [5, 5.41) is 6.75. The van der Waals surface area contributed by atoms with Gasteiger partial charge < -0.3 is 10.2 Å². The second kappa shape index (κ2) is 10.7. The first-order valence-electron chi connectivity index (χ1n) is 9.59. The van der Waals surface area contributed by atoms with Gasteiger partial charge in [0.05, 0.1) is 11.7 Å². The summed E-state index contributed by atoms with van der Waals surface area (Å²) in [4.78, 5) is 27.1. The molecule has 8 heteroatoms. The SMILES string of the molecule is CN(C)CCCCC#CC(=O)Nc1cc2c(Nc3cccc(Br)c3)ncnc2cn1. The molecule has 0 aliphatic rings. The summed E-state index contributed by atoms with van der Waals surface area (Å²) in [5.41, 5.74) is 1.55. The van der Waals surface area contributed by atoms with E-state index < -0.39 is 0 Å². The summed E-state index contributed by atoms with van der Waals surface area (Å²) in [6.07, 6.45) is 5.80. The van der Waals surface area contributed by atoms with Gasteiger partial charge in [-0.3, -0.25) is 10.1 Å². The van der Waals surface area contributed by atoms with Gasteiger partial charge >= 0.3 is 5.91 Å². The van der Waals surface area contributed by atoms with Crippen LogP contribution in [-0.2, 0) is 4.79 Å². The summed E-state index contributed by atoms with van der Waals surface area (Å²) in [6.45, 7) is 1.02. The Hall–Kier alpha value is -3.02. The molecule has 154 valence electrons. The summed E-state index contributed by atoms with van der Waals surface area (Å²) >= 11 is 3.46. The summed E-state index contributed by atoms with van der Waals surface area (Å²) in [6, 6.07) is 9.52. The fourth-order valence-corrected chi connectivity index (χ4v) is 3.16. The number of nitrogens with one attached hydrogen (secondary N) is 2. The Morgan fingerprint density at radius 3 is 2.83 bits per heavy atom. The molecule has 0 spiro atoms. The number of hydrogen-bond acceptors (Lipinski definition) is 6. The number of amides is 1. The van der Waals surface area contributed by atoms with Crippen molar-refractivity contribution in [1.29, 1.82) is 0 Å². The van der Waals surface area contributed by atoms with E-state index in [1.54, 1.807) is 12.3 Å². The molecule has 0 saturated carbocycles. The smallest absolute Gasteiger partial charge is 0.301 e. The maximum absolute atomic E-state index is 12.1. The first-order valence-corrected chi connectivity index (χ1v) is 10.4. The van der Waals surface area contributed by atoms with Crippen LogP contribution in [0.4, 0.5) is 17.3 Å². The maximum atomic E-state index is 12.1. The highest BCUT2D eigenvalue weighted by Gasteiger charge is 2.08. The molecule has 30 heavy (non-hydrogen) atoms. The van der Waals surface area contributed by atoms with E-state index >= 15 is 0 Å². The predicted octanol–water partition coefficient (Wildman–Crippen LogP) is 4.20. The minimum absolute atomic E-state index is 0.382. The van der Waals surface area contributed by atoms with E-state index in [1.807, 2.05) is 38.4 Å². The zero-order valence-electron chi connectivity index (χ0n) is 16.9. The number of anilines is 3. The van der Waals surface area contributed by atoms with Crippen LogP contribution in [0, 0.1) is 11.8 Å². The number of fused-ring (bicyclic) bond motifs is 1. The van der Waals surface area contributed by atoms with Crippen LogP contribution < -0.4 is 10.6 Å². The zero-order valence-corrected chi connectivity index (χ0v) is 18.5. The van der Waals surface area contributed by atoms with Crippen LogP contribution in [-0.4, -0.2) is 46.4 Å². The van der Waals surface area contributed by atoms with Gasteiger partial charge in [-0.1, -0.05) is 27.9 Å². The molecule has 3 aromatic rings. The highest BCUT2D eigenvalue weighted by atomic mass is 79.9. The van der Waals surface area contributed by atoms with E-state index in [0.29, 0.717) is 23.6 Å². The molecule has 1 aromatic carbocycles. The van der Waals surface area contributed by atoms with E-state index in [2.05, 4.69) is 58.3 Å². The van der Waals surface area contributed by atoms with Crippen molar-refractivity contribution in [2.45, 2.75) is 19.3 Å². The summed E-state index contributed by atoms with van der Waals surface area (Å²) in [5.74, 6) is 6.19. The van der Waals surface area contributed by atoms with Crippen molar-refractivity contribution in [1.82, 2.24) is 19.9 Å². The molecule has 0 aliphatic carbocycles. The first kappa shape index (κ1) is 21.7. The highest BCUT2D eigenvalue weighted by molar-refractivity contribution is 9.10. The number of pyridine rings is 1. The number of aromatic nitrogens is 3. The van der Waals surface area contributed by atoms with Crippen molar-refractivity contribution in [3.05, 3.63) is 47.3 Å². The van der Waals surface area contributed by atoms with Crippen LogP contribution in [0.25, 0.3) is 10.9 Å². The Morgan fingerprint density at radius 1 is 1.17 bits per heavy atom. The predicted molar refractivity (Wildman–Crippen MR) is 124 cm³/mol. The second-order valence-electron chi connectivity index (χ2n) is 6.96. The molecule has 0 unspecified atom stereocenters. The van der Waals surface area contributed by atoms with E-state index in [9.17, 15) is 4.79 Å². The Bertz CT molecular complexity index is 1090. The van der Waals surface area contributed by atoms with Crippen molar-refractivity contribution < 1.29 is 4.79 Å². The van der Waals surface area contributed by atoms with E-state index in [-0.39, 0.29) is 5.91 Å². The zero-order chi connectivity index (χ0) is 21.3. The standard InChI is InChI=1S/C22H23BrN6O/c1-29(2)11-6-4-3-5-10-21(30)28-20-13-18-19(14-24-20)25-15-26-22(18)27-17-9-7-8-16(23)12-17/h7-9,12-15H,3-4,6,11H2,1-2H3,(H,24,28,30)(H,25,26,27). The number of benzene rings is 1. The topological polar surface area (TPSA) is 83.0 Å². The van der Waals surface area contributed by atoms with Crippen LogP contribution >= 0.6 is 15.9 Å². The molecular formula is C22H23BrN6O. The van der Waals surface area contributed by atoms with Gasteiger partial charge in [0.25, 0.3) is 0 Å².